The second-order valence-electron chi connectivity index (χ2n) is 3.36. The number of carbonyl (C=O) groups is 1. The Hall–Kier alpha value is 0.300. The molecule has 0 aromatic heterocycles. The van der Waals surface area contributed by atoms with Gasteiger partial charge in [0.25, 0.3) is 0 Å². The van der Waals surface area contributed by atoms with Gasteiger partial charge in [0, 0.05) is 6.42 Å². The van der Waals surface area contributed by atoms with Crippen LogP contribution in [0.4, 0.5) is 0 Å². The smallest absolute Gasteiger partial charge is 0.222 e. The van der Waals surface area contributed by atoms with E-state index in [9.17, 15) is 9.90 Å². The highest BCUT2D eigenvalue weighted by molar-refractivity contribution is 6.52. The lowest BCUT2D eigenvalue weighted by Gasteiger charge is -2.28. The fourth-order valence-corrected chi connectivity index (χ4v) is 1.10. The Morgan fingerprint density at radius 2 is 2.07 bits per heavy atom. The summed E-state index contributed by atoms with van der Waals surface area (Å²) < 4.78 is -1.58. The first-order valence-corrected chi connectivity index (χ1v) is 6.00. The van der Waals surface area contributed by atoms with Gasteiger partial charge in [-0.3, -0.25) is 4.79 Å². The molecule has 0 unspecified atom stereocenters. The zero-order valence-corrected chi connectivity index (χ0v) is 11.0. The third-order valence-electron chi connectivity index (χ3n) is 1.95. The summed E-state index contributed by atoms with van der Waals surface area (Å²) in [5, 5.41) is 11.2. The molecule has 2 atom stereocenters. The van der Waals surface area contributed by atoms with Gasteiger partial charge in [0.2, 0.25) is 5.91 Å². The number of carbonyl (C=O) groups excluding carboxylic acids is 1. The van der Waals surface area contributed by atoms with Crippen molar-refractivity contribution in [1.82, 2.24) is 5.32 Å². The highest BCUT2D eigenvalue weighted by atomic mass is 35.5. The van der Waals surface area contributed by atoms with Gasteiger partial charge in [-0.15, -0.1) is 11.6 Å². The van der Waals surface area contributed by atoms with E-state index in [0.717, 1.165) is 12.8 Å². The fourth-order valence-electron chi connectivity index (χ4n) is 0.876. The number of hydrogen-bond acceptors (Lipinski definition) is 2. The Bertz CT molecular complexity index is 210. The van der Waals surface area contributed by atoms with E-state index in [0.29, 0.717) is 6.42 Å². The van der Waals surface area contributed by atoms with Crippen molar-refractivity contribution < 1.29 is 9.90 Å². The number of nitrogens with one attached hydrogen (secondary N) is 1. The minimum absolute atomic E-state index is 0.285. The maximum Gasteiger partial charge on any atom is 0.222 e. The molecule has 0 heterocycles. The average molecular weight is 277 g/mol. The molecule has 0 aromatic rings. The standard InChI is InChI=1S/C9H16Cl3NO2/c1-3-4-5-7(14)13-8(15)9(11,12)6(2)10/h6,8,15H,3-5H2,1-2H3,(H,13,14)/t6-,8-/m0/s1. The molecular formula is C9H16Cl3NO2. The third kappa shape index (κ3) is 5.25. The molecule has 1 amide bonds. The molecule has 2 N–H and O–H groups in total. The van der Waals surface area contributed by atoms with Crippen LogP contribution < -0.4 is 5.32 Å². The van der Waals surface area contributed by atoms with Crippen molar-refractivity contribution in [1.29, 1.82) is 0 Å². The molecule has 0 aliphatic carbocycles. The van der Waals surface area contributed by atoms with Gasteiger partial charge < -0.3 is 10.4 Å². The number of halogens is 3. The van der Waals surface area contributed by atoms with Gasteiger partial charge in [-0.1, -0.05) is 36.5 Å². The second-order valence-corrected chi connectivity index (χ2v) is 5.46. The zero-order chi connectivity index (χ0) is 12.1. The monoisotopic (exact) mass is 275 g/mol. The van der Waals surface area contributed by atoms with Gasteiger partial charge in [-0.2, -0.15) is 0 Å². The lowest BCUT2D eigenvalue weighted by molar-refractivity contribution is -0.124. The average Bonchev–Trinajstić information content (AvgIpc) is 2.14. The number of aliphatic hydroxyl groups excluding tert-OH is 1. The predicted octanol–water partition coefficient (Wildman–Crippen LogP) is 2.41. The van der Waals surface area contributed by atoms with Gasteiger partial charge in [0.1, 0.15) is 0 Å². The molecule has 15 heavy (non-hydrogen) atoms. The van der Waals surface area contributed by atoms with Crippen LogP contribution in [0, 0.1) is 0 Å². The quantitative estimate of drug-likeness (QED) is 0.578. The van der Waals surface area contributed by atoms with Crippen molar-refractivity contribution in [3.05, 3.63) is 0 Å². The van der Waals surface area contributed by atoms with Crippen molar-refractivity contribution in [3.63, 3.8) is 0 Å². The van der Waals surface area contributed by atoms with Crippen molar-refractivity contribution in [3.8, 4) is 0 Å². The Labute approximate surface area is 105 Å². The van der Waals surface area contributed by atoms with Crippen molar-refractivity contribution in [2.45, 2.75) is 49.0 Å². The van der Waals surface area contributed by atoms with Crippen LogP contribution in [0.3, 0.4) is 0 Å². The molecule has 0 saturated heterocycles. The normalized spacial score (nSPS) is 15.9. The molecule has 0 aliphatic rings. The Morgan fingerprint density at radius 3 is 2.47 bits per heavy atom. The van der Waals surface area contributed by atoms with E-state index in [-0.39, 0.29) is 5.91 Å². The van der Waals surface area contributed by atoms with Crippen molar-refractivity contribution in [2.24, 2.45) is 0 Å². The first-order valence-electron chi connectivity index (χ1n) is 4.81. The van der Waals surface area contributed by atoms with E-state index in [1.165, 1.54) is 0 Å². The lowest BCUT2D eigenvalue weighted by Crippen LogP contribution is -2.50. The SMILES string of the molecule is CCCCC(=O)N[C@@H](O)C(Cl)(Cl)[C@H](C)Cl. The number of aliphatic hydroxyl groups is 1. The summed E-state index contributed by atoms with van der Waals surface area (Å²) in [6, 6.07) is 0. The minimum atomic E-state index is -1.58. The molecule has 0 aliphatic heterocycles. The summed E-state index contributed by atoms with van der Waals surface area (Å²) in [4.78, 5) is 11.3. The maximum atomic E-state index is 11.3. The van der Waals surface area contributed by atoms with Crippen LogP contribution in [0.1, 0.15) is 33.1 Å². The Balaban J connectivity index is 4.12. The number of rotatable bonds is 6. The number of unbranched alkanes of at least 4 members (excludes halogenated alkanes) is 1. The zero-order valence-electron chi connectivity index (χ0n) is 8.77. The van der Waals surface area contributed by atoms with Gasteiger partial charge >= 0.3 is 0 Å². The summed E-state index contributed by atoms with van der Waals surface area (Å²) in [6.07, 6.45) is 0.640. The summed E-state index contributed by atoms with van der Waals surface area (Å²) in [6.45, 7) is 3.51. The van der Waals surface area contributed by atoms with E-state index in [1.54, 1.807) is 6.92 Å². The number of alkyl halides is 3. The van der Waals surface area contributed by atoms with Crippen LogP contribution >= 0.6 is 34.8 Å². The first kappa shape index (κ1) is 15.3. The van der Waals surface area contributed by atoms with Crippen molar-refractivity contribution in [2.75, 3.05) is 0 Å². The third-order valence-corrected chi connectivity index (χ3v) is 3.59. The molecule has 0 radical (unpaired) electrons. The Kier molecular flexibility index (Phi) is 6.93. The molecule has 3 nitrogen and oxygen atoms in total. The molecule has 90 valence electrons. The molecule has 0 rings (SSSR count). The summed E-state index contributed by atoms with van der Waals surface area (Å²) >= 11 is 17.2. The second kappa shape index (κ2) is 6.79. The number of hydrogen-bond donors (Lipinski definition) is 2. The molecule has 0 bridgehead atoms. The fraction of sp³-hybridized carbons (Fsp3) is 0.889. The van der Waals surface area contributed by atoms with Crippen LogP contribution in [-0.4, -0.2) is 27.0 Å². The van der Waals surface area contributed by atoms with Gasteiger partial charge in [0.15, 0.2) is 10.6 Å². The summed E-state index contributed by atoms with van der Waals surface area (Å²) in [7, 11) is 0. The van der Waals surface area contributed by atoms with Gasteiger partial charge in [-0.25, -0.2) is 0 Å². The van der Waals surface area contributed by atoms with Crippen LogP contribution in [0.2, 0.25) is 0 Å². The minimum Gasteiger partial charge on any atom is -0.370 e. The van der Waals surface area contributed by atoms with Crippen LogP contribution in [0.15, 0.2) is 0 Å². The highest BCUT2D eigenvalue weighted by Gasteiger charge is 2.39. The van der Waals surface area contributed by atoms with Crippen LogP contribution in [0.25, 0.3) is 0 Å². The van der Waals surface area contributed by atoms with E-state index in [2.05, 4.69) is 5.32 Å². The van der Waals surface area contributed by atoms with Gasteiger partial charge in [0.05, 0.1) is 5.38 Å². The van der Waals surface area contributed by atoms with E-state index in [4.69, 9.17) is 34.8 Å². The topological polar surface area (TPSA) is 49.3 Å². The molecule has 0 saturated carbocycles. The van der Waals surface area contributed by atoms with E-state index >= 15 is 0 Å². The van der Waals surface area contributed by atoms with Crippen LogP contribution in [0.5, 0.6) is 0 Å². The largest absolute Gasteiger partial charge is 0.370 e. The molecule has 6 heteroatoms. The summed E-state index contributed by atoms with van der Waals surface area (Å²) in [5.74, 6) is -0.285. The van der Waals surface area contributed by atoms with E-state index < -0.39 is 15.9 Å². The number of amides is 1. The van der Waals surface area contributed by atoms with E-state index in [1.807, 2.05) is 6.92 Å². The first-order chi connectivity index (χ1) is 6.82. The molecule has 0 aromatic carbocycles. The Morgan fingerprint density at radius 1 is 1.53 bits per heavy atom. The molecule has 0 fully saturated rings. The van der Waals surface area contributed by atoms with Gasteiger partial charge in [-0.05, 0) is 13.3 Å². The van der Waals surface area contributed by atoms with Crippen molar-refractivity contribution >= 4 is 40.7 Å². The molecule has 0 spiro atoms. The highest BCUT2D eigenvalue weighted by Crippen LogP contribution is 2.31. The van der Waals surface area contributed by atoms with Crippen LogP contribution in [-0.2, 0) is 4.79 Å². The predicted molar refractivity (Wildman–Crippen MR) is 63.4 cm³/mol. The molecular weight excluding hydrogens is 260 g/mol. The lowest BCUT2D eigenvalue weighted by atomic mass is 10.2. The summed E-state index contributed by atoms with van der Waals surface area (Å²) in [5.41, 5.74) is 0. The maximum absolute atomic E-state index is 11.3.